The molecule has 3 aromatic carbocycles. The van der Waals surface area contributed by atoms with Gasteiger partial charge < -0.3 is 15.5 Å². The predicted molar refractivity (Wildman–Crippen MR) is 122 cm³/mol. The maximum atomic E-state index is 12.9. The van der Waals surface area contributed by atoms with Crippen LogP contribution in [-0.4, -0.2) is 43.9 Å². The Kier molecular flexibility index (Phi) is 7.35. The van der Waals surface area contributed by atoms with E-state index in [4.69, 9.17) is 0 Å². The van der Waals surface area contributed by atoms with E-state index >= 15 is 0 Å². The summed E-state index contributed by atoms with van der Waals surface area (Å²) in [6.07, 6.45) is 2.57. The second-order valence-electron chi connectivity index (χ2n) is 7.36. The van der Waals surface area contributed by atoms with Gasteiger partial charge in [0, 0.05) is 12.1 Å². The third-order valence-electron chi connectivity index (χ3n) is 4.72. The lowest BCUT2D eigenvalue weighted by Crippen LogP contribution is -2.36. The Morgan fingerprint density at radius 2 is 1.60 bits per heavy atom. The number of benzene rings is 3. The molecule has 0 fully saturated rings. The highest BCUT2D eigenvalue weighted by Crippen LogP contribution is 2.20. The van der Waals surface area contributed by atoms with E-state index in [1.165, 1.54) is 0 Å². The van der Waals surface area contributed by atoms with Crippen molar-refractivity contribution in [2.45, 2.75) is 6.42 Å². The molecule has 30 heavy (non-hydrogen) atoms. The lowest BCUT2D eigenvalue weighted by atomic mass is 10.0. The molecule has 0 saturated heterocycles. The van der Waals surface area contributed by atoms with Crippen LogP contribution < -0.4 is 10.6 Å². The van der Waals surface area contributed by atoms with Crippen LogP contribution in [0.5, 0.6) is 0 Å². The fourth-order valence-corrected chi connectivity index (χ4v) is 3.17. The Bertz CT molecular complexity index is 1040. The maximum Gasteiger partial charge on any atom is 0.267 e. The highest BCUT2D eigenvalue weighted by molar-refractivity contribution is 6.06. The highest BCUT2D eigenvalue weighted by atomic mass is 16.2. The lowest BCUT2D eigenvalue weighted by molar-refractivity contribution is -0.117. The second kappa shape index (κ2) is 10.4. The molecule has 0 aromatic heterocycles. The molecule has 0 radical (unpaired) electrons. The summed E-state index contributed by atoms with van der Waals surface area (Å²) in [5.74, 6) is -0.614. The van der Waals surface area contributed by atoms with Gasteiger partial charge >= 0.3 is 0 Å². The molecule has 5 heteroatoms. The van der Waals surface area contributed by atoms with Crippen molar-refractivity contribution in [1.29, 1.82) is 0 Å². The van der Waals surface area contributed by atoms with E-state index in [9.17, 15) is 9.59 Å². The van der Waals surface area contributed by atoms with Crippen molar-refractivity contribution in [3.8, 4) is 0 Å². The summed E-state index contributed by atoms with van der Waals surface area (Å²) in [7, 11) is 3.99. The van der Waals surface area contributed by atoms with Gasteiger partial charge in [-0.1, -0.05) is 60.7 Å². The zero-order chi connectivity index (χ0) is 21.3. The van der Waals surface area contributed by atoms with Gasteiger partial charge in [0.05, 0.1) is 0 Å². The van der Waals surface area contributed by atoms with Crippen LogP contribution in [0.1, 0.15) is 22.3 Å². The van der Waals surface area contributed by atoms with E-state index < -0.39 is 0 Å². The summed E-state index contributed by atoms with van der Waals surface area (Å²) >= 11 is 0. The Morgan fingerprint density at radius 3 is 2.37 bits per heavy atom. The second-order valence-corrected chi connectivity index (χ2v) is 7.36. The van der Waals surface area contributed by atoms with Gasteiger partial charge in [-0.15, -0.1) is 0 Å². The molecule has 0 aliphatic carbocycles. The van der Waals surface area contributed by atoms with Crippen molar-refractivity contribution in [1.82, 2.24) is 15.5 Å². The summed E-state index contributed by atoms with van der Waals surface area (Å²) in [5, 5.41) is 7.81. The Balaban J connectivity index is 1.87. The van der Waals surface area contributed by atoms with Gasteiger partial charge in [-0.25, -0.2) is 0 Å². The van der Waals surface area contributed by atoms with Crippen LogP contribution in [0.3, 0.4) is 0 Å². The molecule has 0 heterocycles. The molecule has 0 bridgehead atoms. The van der Waals surface area contributed by atoms with Crippen molar-refractivity contribution in [3.63, 3.8) is 0 Å². The average molecular weight is 402 g/mol. The zero-order valence-electron chi connectivity index (χ0n) is 17.4. The van der Waals surface area contributed by atoms with Crippen LogP contribution in [-0.2, 0) is 4.79 Å². The van der Waals surface area contributed by atoms with Gasteiger partial charge in [-0.3, -0.25) is 9.59 Å². The van der Waals surface area contributed by atoms with Crippen molar-refractivity contribution < 1.29 is 9.59 Å². The standard InChI is InChI=1S/C25H27N3O2/c1-28(2)17-9-16-26-25(30)23(27-24(29)20-11-4-3-5-12-20)18-21-14-8-13-19-10-6-7-15-22(19)21/h3-8,10-15,18H,9,16-17H2,1-2H3,(H,26,30)(H,27,29)/b23-18-. The Labute approximate surface area is 177 Å². The molecule has 3 rings (SSSR count). The molecule has 2 amide bonds. The van der Waals surface area contributed by atoms with Gasteiger partial charge in [0.25, 0.3) is 11.8 Å². The Hall–Kier alpha value is -3.44. The summed E-state index contributed by atoms with van der Waals surface area (Å²) in [4.78, 5) is 27.6. The van der Waals surface area contributed by atoms with Gasteiger partial charge in [-0.2, -0.15) is 0 Å². The van der Waals surface area contributed by atoms with E-state index in [-0.39, 0.29) is 17.5 Å². The number of nitrogens with zero attached hydrogens (tertiary/aromatic N) is 1. The smallest absolute Gasteiger partial charge is 0.267 e. The van der Waals surface area contributed by atoms with Crippen LogP contribution >= 0.6 is 0 Å². The summed E-state index contributed by atoms with van der Waals surface area (Å²) in [5.41, 5.74) is 1.60. The molecular weight excluding hydrogens is 374 g/mol. The third-order valence-corrected chi connectivity index (χ3v) is 4.72. The molecule has 154 valence electrons. The first-order chi connectivity index (χ1) is 14.5. The minimum Gasteiger partial charge on any atom is -0.351 e. The number of amides is 2. The number of hydrogen-bond donors (Lipinski definition) is 2. The van der Waals surface area contributed by atoms with E-state index in [2.05, 4.69) is 15.5 Å². The minimum atomic E-state index is -0.314. The average Bonchev–Trinajstić information content (AvgIpc) is 2.76. The quantitative estimate of drug-likeness (QED) is 0.447. The third kappa shape index (κ3) is 5.78. The first-order valence-corrected chi connectivity index (χ1v) is 10.0. The maximum absolute atomic E-state index is 12.9. The van der Waals surface area contributed by atoms with Gasteiger partial charge in [-0.05, 0) is 61.6 Å². The molecule has 5 nitrogen and oxygen atoms in total. The summed E-state index contributed by atoms with van der Waals surface area (Å²) in [6, 6.07) is 22.8. The number of carbonyl (C=O) groups excluding carboxylic acids is 2. The van der Waals surface area contributed by atoms with Crippen molar-refractivity contribution >= 4 is 28.7 Å². The minimum absolute atomic E-state index is 0.227. The van der Waals surface area contributed by atoms with E-state index in [0.29, 0.717) is 12.1 Å². The molecule has 0 spiro atoms. The van der Waals surface area contributed by atoms with Gasteiger partial charge in [0.2, 0.25) is 0 Å². The molecule has 0 unspecified atom stereocenters. The van der Waals surface area contributed by atoms with Crippen molar-refractivity contribution in [2.75, 3.05) is 27.2 Å². The van der Waals surface area contributed by atoms with E-state index in [1.807, 2.05) is 62.6 Å². The fourth-order valence-electron chi connectivity index (χ4n) is 3.17. The van der Waals surface area contributed by atoms with E-state index in [0.717, 1.165) is 29.3 Å². The van der Waals surface area contributed by atoms with Crippen LogP contribution in [0.15, 0.2) is 78.5 Å². The van der Waals surface area contributed by atoms with Gasteiger partial charge in [0.15, 0.2) is 0 Å². The summed E-state index contributed by atoms with van der Waals surface area (Å²) < 4.78 is 0. The van der Waals surface area contributed by atoms with Crippen LogP contribution in [0.2, 0.25) is 0 Å². The Morgan fingerprint density at radius 1 is 0.900 bits per heavy atom. The first-order valence-electron chi connectivity index (χ1n) is 10.0. The molecule has 0 aliphatic heterocycles. The number of carbonyl (C=O) groups is 2. The van der Waals surface area contributed by atoms with Crippen LogP contribution in [0.25, 0.3) is 16.8 Å². The highest BCUT2D eigenvalue weighted by Gasteiger charge is 2.15. The SMILES string of the molecule is CN(C)CCCNC(=O)/C(=C/c1cccc2ccccc12)NC(=O)c1ccccc1. The number of nitrogens with one attached hydrogen (secondary N) is 2. The number of hydrogen-bond acceptors (Lipinski definition) is 3. The topological polar surface area (TPSA) is 61.4 Å². The predicted octanol–water partition coefficient (Wildman–Crippen LogP) is 3.68. The number of fused-ring (bicyclic) bond motifs is 1. The first kappa shape index (κ1) is 21.3. The largest absolute Gasteiger partial charge is 0.351 e. The monoisotopic (exact) mass is 401 g/mol. The molecule has 0 saturated carbocycles. The fraction of sp³-hybridized carbons (Fsp3) is 0.200. The van der Waals surface area contributed by atoms with Crippen LogP contribution in [0.4, 0.5) is 0 Å². The van der Waals surface area contributed by atoms with Crippen LogP contribution in [0, 0.1) is 0 Å². The molecule has 3 aromatic rings. The molecule has 0 aliphatic rings. The van der Waals surface area contributed by atoms with Crippen molar-refractivity contribution in [2.24, 2.45) is 0 Å². The summed E-state index contributed by atoms with van der Waals surface area (Å²) in [6.45, 7) is 1.41. The lowest BCUT2D eigenvalue weighted by Gasteiger charge is -2.13. The molecule has 0 atom stereocenters. The van der Waals surface area contributed by atoms with E-state index in [1.54, 1.807) is 30.3 Å². The molecular formula is C25H27N3O2. The van der Waals surface area contributed by atoms with Gasteiger partial charge in [0.1, 0.15) is 5.70 Å². The zero-order valence-corrected chi connectivity index (χ0v) is 17.4. The van der Waals surface area contributed by atoms with Crippen molar-refractivity contribution in [3.05, 3.63) is 89.6 Å². The normalized spacial score (nSPS) is 11.5. The molecule has 2 N–H and O–H groups in total. The number of rotatable bonds is 8.